The molecule has 0 radical (unpaired) electrons. The number of rotatable bonds is 1. The molecule has 0 saturated carbocycles. The summed E-state index contributed by atoms with van der Waals surface area (Å²) in [5, 5.41) is 1.12. The van der Waals surface area contributed by atoms with E-state index in [2.05, 4.69) is 53.5 Å². The van der Waals surface area contributed by atoms with Crippen molar-refractivity contribution in [2.75, 3.05) is 0 Å². The third-order valence-corrected chi connectivity index (χ3v) is 5.10. The van der Waals surface area contributed by atoms with Crippen LogP contribution in [0.1, 0.15) is 53.5 Å². The van der Waals surface area contributed by atoms with Crippen molar-refractivity contribution in [3.8, 4) is 0 Å². The van der Waals surface area contributed by atoms with Gasteiger partial charge in [-0.2, -0.15) is 0 Å². The zero-order valence-corrected chi connectivity index (χ0v) is 13.1. The lowest BCUT2D eigenvalue weighted by Gasteiger charge is -2.32. The van der Waals surface area contributed by atoms with Crippen molar-refractivity contribution in [2.45, 2.75) is 65.1 Å². The van der Waals surface area contributed by atoms with Gasteiger partial charge in [0.25, 0.3) is 0 Å². The summed E-state index contributed by atoms with van der Waals surface area (Å²) in [6.07, 6.45) is 1.88. The Balaban J connectivity index is 2.23. The lowest BCUT2D eigenvalue weighted by atomic mass is 9.89. The van der Waals surface area contributed by atoms with Crippen molar-refractivity contribution in [3.05, 3.63) is 11.2 Å². The Labute approximate surface area is 114 Å². The summed E-state index contributed by atoms with van der Waals surface area (Å²) in [5.74, 6) is 0. The van der Waals surface area contributed by atoms with E-state index in [0.29, 0.717) is 0 Å². The number of thiazole rings is 1. The van der Waals surface area contributed by atoms with Crippen molar-refractivity contribution in [3.63, 3.8) is 0 Å². The van der Waals surface area contributed by atoms with E-state index in [1.165, 1.54) is 0 Å². The first kappa shape index (κ1) is 14.0. The zero-order chi connectivity index (χ0) is 13.8. The molecule has 100 valence electrons. The molecule has 0 spiro atoms. The average molecular weight is 267 g/mol. The monoisotopic (exact) mass is 267 g/mol. The van der Waals surface area contributed by atoms with E-state index in [0.717, 1.165) is 9.78 Å². The van der Waals surface area contributed by atoms with Gasteiger partial charge in [-0.25, -0.2) is 4.98 Å². The first-order valence-electron chi connectivity index (χ1n) is 6.35. The Hall–Kier alpha value is -0.385. The highest BCUT2D eigenvalue weighted by molar-refractivity contribution is 7.22. The second-order valence-electron chi connectivity index (χ2n) is 6.91. The van der Waals surface area contributed by atoms with Gasteiger partial charge in [-0.3, -0.25) is 0 Å². The molecule has 1 aromatic heterocycles. The van der Waals surface area contributed by atoms with Gasteiger partial charge in [0, 0.05) is 11.6 Å². The van der Waals surface area contributed by atoms with Crippen LogP contribution in [0.3, 0.4) is 0 Å². The van der Waals surface area contributed by atoms with Gasteiger partial charge in [0.15, 0.2) is 0 Å². The van der Waals surface area contributed by atoms with Crippen LogP contribution in [0.25, 0.3) is 0 Å². The van der Waals surface area contributed by atoms with Gasteiger partial charge >= 0.3 is 7.12 Å². The van der Waals surface area contributed by atoms with Gasteiger partial charge in [-0.15, -0.1) is 11.3 Å². The van der Waals surface area contributed by atoms with E-state index in [1.807, 2.05) is 6.20 Å². The summed E-state index contributed by atoms with van der Waals surface area (Å²) in [6, 6.07) is 0. The molecule has 0 amide bonds. The molecule has 2 heterocycles. The van der Waals surface area contributed by atoms with Crippen LogP contribution in [0.15, 0.2) is 6.20 Å². The number of nitrogens with zero attached hydrogens (tertiary/aromatic N) is 1. The molecule has 18 heavy (non-hydrogen) atoms. The second-order valence-corrected chi connectivity index (χ2v) is 7.97. The van der Waals surface area contributed by atoms with Crippen molar-refractivity contribution in [1.29, 1.82) is 0 Å². The molecule has 0 N–H and O–H groups in total. The topological polar surface area (TPSA) is 31.4 Å². The normalized spacial score (nSPS) is 22.5. The van der Waals surface area contributed by atoms with Gasteiger partial charge in [0.2, 0.25) is 0 Å². The van der Waals surface area contributed by atoms with Gasteiger partial charge < -0.3 is 9.31 Å². The third-order valence-electron chi connectivity index (χ3n) is 3.65. The smallest absolute Gasteiger partial charge is 0.399 e. The van der Waals surface area contributed by atoms with Crippen molar-refractivity contribution >= 4 is 23.2 Å². The first-order valence-corrected chi connectivity index (χ1v) is 7.16. The minimum atomic E-state index is -0.288. The fourth-order valence-electron chi connectivity index (χ4n) is 1.70. The summed E-state index contributed by atoms with van der Waals surface area (Å²) >= 11 is 1.68. The standard InChI is InChI=1S/C13H22BNO2S/c1-11(2,3)10-15-8-9(18-10)14-16-12(4,5)13(6,7)17-14/h8H,1-7H3. The first-order chi connectivity index (χ1) is 8.03. The molecule has 5 heteroatoms. The van der Waals surface area contributed by atoms with E-state index in [4.69, 9.17) is 9.31 Å². The minimum absolute atomic E-state index is 0.0759. The molecule has 1 fully saturated rings. The molecule has 1 aliphatic heterocycles. The molecule has 0 unspecified atom stereocenters. The Morgan fingerprint density at radius 3 is 2.00 bits per heavy atom. The van der Waals surface area contributed by atoms with Crippen LogP contribution in [-0.4, -0.2) is 23.3 Å². The molecular formula is C13H22BNO2S. The van der Waals surface area contributed by atoms with Gasteiger partial charge in [0.1, 0.15) is 0 Å². The Kier molecular flexibility index (Phi) is 3.16. The van der Waals surface area contributed by atoms with Gasteiger partial charge in [-0.05, 0) is 27.7 Å². The Morgan fingerprint density at radius 1 is 1.11 bits per heavy atom. The lowest BCUT2D eigenvalue weighted by Crippen LogP contribution is -2.41. The highest BCUT2D eigenvalue weighted by Gasteiger charge is 2.52. The van der Waals surface area contributed by atoms with Crippen LogP contribution in [0.4, 0.5) is 0 Å². The van der Waals surface area contributed by atoms with E-state index in [9.17, 15) is 0 Å². The summed E-state index contributed by atoms with van der Waals surface area (Å²) in [6.45, 7) is 14.8. The second kappa shape index (κ2) is 4.05. The SMILES string of the molecule is CC(C)(C)c1ncc(B2OC(C)(C)C(C)(C)O2)s1. The number of hydrogen-bond acceptors (Lipinski definition) is 4. The summed E-state index contributed by atoms with van der Waals surface area (Å²) in [7, 11) is -0.288. The number of hydrogen-bond donors (Lipinski definition) is 0. The van der Waals surface area contributed by atoms with Gasteiger partial charge in [0.05, 0.1) is 21.0 Å². The largest absolute Gasteiger partial charge is 0.507 e. The van der Waals surface area contributed by atoms with Crippen LogP contribution < -0.4 is 4.78 Å². The minimum Gasteiger partial charge on any atom is -0.399 e. The van der Waals surface area contributed by atoms with E-state index in [1.54, 1.807) is 11.3 Å². The maximum atomic E-state index is 6.02. The zero-order valence-electron chi connectivity index (χ0n) is 12.3. The van der Waals surface area contributed by atoms with Crippen LogP contribution >= 0.6 is 11.3 Å². The van der Waals surface area contributed by atoms with Gasteiger partial charge in [-0.1, -0.05) is 20.8 Å². The fourth-order valence-corrected chi connectivity index (χ4v) is 2.63. The molecule has 3 nitrogen and oxygen atoms in total. The van der Waals surface area contributed by atoms with Crippen molar-refractivity contribution < 1.29 is 9.31 Å². The molecule has 0 atom stereocenters. The molecule has 0 bridgehead atoms. The van der Waals surface area contributed by atoms with Crippen LogP contribution in [0, 0.1) is 0 Å². The average Bonchev–Trinajstić information content (AvgIpc) is 2.69. The molecule has 1 saturated heterocycles. The predicted octanol–water partition coefficient (Wildman–Crippen LogP) is 2.74. The maximum absolute atomic E-state index is 6.02. The van der Waals surface area contributed by atoms with Crippen LogP contribution in [-0.2, 0) is 14.7 Å². The fraction of sp³-hybridized carbons (Fsp3) is 0.769. The maximum Gasteiger partial charge on any atom is 0.507 e. The van der Waals surface area contributed by atoms with E-state index >= 15 is 0 Å². The third kappa shape index (κ3) is 2.36. The van der Waals surface area contributed by atoms with Crippen LogP contribution in [0.5, 0.6) is 0 Å². The molecule has 2 rings (SSSR count). The number of aromatic nitrogens is 1. The summed E-state index contributed by atoms with van der Waals surface area (Å²) < 4.78 is 13.1. The molecular weight excluding hydrogens is 245 g/mol. The summed E-state index contributed by atoms with van der Waals surface area (Å²) in [4.78, 5) is 4.49. The predicted molar refractivity (Wildman–Crippen MR) is 76.5 cm³/mol. The lowest BCUT2D eigenvalue weighted by molar-refractivity contribution is 0.00578. The molecule has 0 aromatic carbocycles. The summed E-state index contributed by atoms with van der Waals surface area (Å²) in [5.41, 5.74) is -0.500. The van der Waals surface area contributed by atoms with Crippen molar-refractivity contribution in [1.82, 2.24) is 4.98 Å². The Morgan fingerprint density at radius 2 is 1.61 bits per heavy atom. The highest BCUT2D eigenvalue weighted by atomic mass is 32.1. The molecule has 1 aromatic rings. The van der Waals surface area contributed by atoms with Crippen LogP contribution in [0.2, 0.25) is 0 Å². The van der Waals surface area contributed by atoms with E-state index in [-0.39, 0.29) is 23.7 Å². The Bertz CT molecular complexity index is 432. The molecule has 0 aliphatic carbocycles. The van der Waals surface area contributed by atoms with E-state index < -0.39 is 0 Å². The molecule has 1 aliphatic rings. The van der Waals surface area contributed by atoms with Crippen molar-refractivity contribution in [2.24, 2.45) is 0 Å². The quantitative estimate of drug-likeness (QED) is 0.733. The highest BCUT2D eigenvalue weighted by Crippen LogP contribution is 2.37.